The van der Waals surface area contributed by atoms with E-state index in [-0.39, 0.29) is 11.5 Å². The van der Waals surface area contributed by atoms with E-state index < -0.39 is 5.97 Å². The first kappa shape index (κ1) is 13.2. The minimum atomic E-state index is -1.06. The highest BCUT2D eigenvalue weighted by Crippen LogP contribution is 2.25. The minimum absolute atomic E-state index is 0.0879. The van der Waals surface area contributed by atoms with E-state index in [4.69, 9.17) is 5.73 Å². The lowest BCUT2D eigenvalue weighted by molar-refractivity contribution is 0.0697. The van der Waals surface area contributed by atoms with Crippen LogP contribution in [0.3, 0.4) is 0 Å². The fourth-order valence-electron chi connectivity index (χ4n) is 2.54. The molecule has 0 atom stereocenters. The van der Waals surface area contributed by atoms with Gasteiger partial charge in [-0.15, -0.1) is 5.10 Å². The van der Waals surface area contributed by atoms with Crippen molar-refractivity contribution in [2.45, 2.75) is 0 Å². The smallest absolute Gasteiger partial charge is 0.336 e. The highest BCUT2D eigenvalue weighted by molar-refractivity contribution is 5.97. The summed E-state index contributed by atoms with van der Waals surface area (Å²) in [7, 11) is 0. The second-order valence-corrected chi connectivity index (χ2v) is 5.07. The van der Waals surface area contributed by atoms with Gasteiger partial charge in [0.25, 0.3) is 0 Å². The van der Waals surface area contributed by atoms with Crippen molar-refractivity contribution < 1.29 is 9.90 Å². The van der Waals surface area contributed by atoms with Crippen LogP contribution in [-0.4, -0.2) is 30.7 Å². The van der Waals surface area contributed by atoms with E-state index in [0.29, 0.717) is 16.9 Å². The Hall–Kier alpha value is -3.48. The summed E-state index contributed by atoms with van der Waals surface area (Å²) in [5.41, 5.74) is 7.86. The Bertz CT molecular complexity index is 1070. The number of aromatic nitrogens is 4. The molecular formula is C16H11N5O2. The molecule has 0 amide bonds. The average Bonchev–Trinajstić information content (AvgIpc) is 2.92. The van der Waals surface area contributed by atoms with E-state index in [2.05, 4.69) is 15.1 Å². The molecule has 0 fully saturated rings. The number of para-hydroxylation sites is 1. The van der Waals surface area contributed by atoms with Crippen molar-refractivity contribution in [3.05, 3.63) is 54.2 Å². The van der Waals surface area contributed by atoms with Gasteiger partial charge in [0.15, 0.2) is 5.65 Å². The van der Waals surface area contributed by atoms with Gasteiger partial charge in [0.2, 0.25) is 5.95 Å². The van der Waals surface area contributed by atoms with Gasteiger partial charge in [-0.3, -0.25) is 0 Å². The molecule has 4 rings (SSSR count). The second-order valence-electron chi connectivity index (χ2n) is 5.07. The van der Waals surface area contributed by atoms with Crippen molar-refractivity contribution in [3.8, 4) is 11.3 Å². The maximum Gasteiger partial charge on any atom is 0.336 e. The molecule has 0 aliphatic heterocycles. The Balaban J connectivity index is 2.01. The summed E-state index contributed by atoms with van der Waals surface area (Å²) in [6, 6.07) is 12.8. The fourth-order valence-corrected chi connectivity index (χ4v) is 2.54. The third-order valence-electron chi connectivity index (χ3n) is 3.59. The van der Waals surface area contributed by atoms with Crippen molar-refractivity contribution in [2.75, 3.05) is 5.73 Å². The number of rotatable bonds is 2. The van der Waals surface area contributed by atoms with E-state index in [9.17, 15) is 9.90 Å². The van der Waals surface area contributed by atoms with Crippen molar-refractivity contribution in [1.29, 1.82) is 0 Å². The first-order chi connectivity index (χ1) is 11.1. The molecule has 0 unspecified atom stereocenters. The lowest BCUT2D eigenvalue weighted by Crippen LogP contribution is -2.03. The van der Waals surface area contributed by atoms with E-state index >= 15 is 0 Å². The van der Waals surface area contributed by atoms with Crippen LogP contribution in [0.15, 0.2) is 48.7 Å². The van der Waals surface area contributed by atoms with Crippen LogP contribution in [0.4, 0.5) is 5.95 Å². The molecule has 0 bridgehead atoms. The number of aromatic carboxylic acids is 1. The molecule has 7 nitrogen and oxygen atoms in total. The van der Waals surface area contributed by atoms with Crippen LogP contribution in [0, 0.1) is 0 Å². The summed E-state index contributed by atoms with van der Waals surface area (Å²) in [5, 5.41) is 14.5. The highest BCUT2D eigenvalue weighted by atomic mass is 16.4. The predicted molar refractivity (Wildman–Crippen MR) is 85.1 cm³/mol. The Morgan fingerprint density at radius 3 is 2.78 bits per heavy atom. The molecule has 3 N–H and O–H groups in total. The summed E-state index contributed by atoms with van der Waals surface area (Å²) in [5.74, 6) is -0.969. The number of hydrogen-bond donors (Lipinski definition) is 2. The zero-order chi connectivity index (χ0) is 16.0. The standard InChI is InChI=1S/C16H11N5O2/c17-16-19-14-7-10(15(22)23)11(8-21(14)20-16)13-6-5-9-3-1-2-4-12(9)18-13/h1-8H,(H2,17,20)(H,22,23). The lowest BCUT2D eigenvalue weighted by atomic mass is 10.1. The van der Waals surface area contributed by atoms with Gasteiger partial charge in [0.1, 0.15) is 0 Å². The molecule has 0 saturated carbocycles. The third-order valence-corrected chi connectivity index (χ3v) is 3.59. The van der Waals surface area contributed by atoms with E-state index in [1.165, 1.54) is 10.6 Å². The number of carboxylic acid groups (broad SMARTS) is 1. The zero-order valence-electron chi connectivity index (χ0n) is 11.8. The Labute approximate surface area is 130 Å². The molecule has 112 valence electrons. The summed E-state index contributed by atoms with van der Waals surface area (Å²) >= 11 is 0. The number of nitrogen functional groups attached to an aromatic ring is 1. The molecule has 1 aromatic carbocycles. The highest BCUT2D eigenvalue weighted by Gasteiger charge is 2.16. The molecule has 7 heteroatoms. The topological polar surface area (TPSA) is 106 Å². The van der Waals surface area contributed by atoms with Gasteiger partial charge < -0.3 is 10.8 Å². The van der Waals surface area contributed by atoms with Gasteiger partial charge >= 0.3 is 5.97 Å². The molecule has 0 aliphatic rings. The van der Waals surface area contributed by atoms with Gasteiger partial charge in [-0.25, -0.2) is 14.3 Å². The number of hydrogen-bond acceptors (Lipinski definition) is 5. The van der Waals surface area contributed by atoms with Crippen LogP contribution in [0.5, 0.6) is 0 Å². The van der Waals surface area contributed by atoms with Crippen molar-refractivity contribution in [1.82, 2.24) is 19.6 Å². The van der Waals surface area contributed by atoms with Crippen LogP contribution >= 0.6 is 0 Å². The van der Waals surface area contributed by atoms with E-state index in [1.807, 2.05) is 30.3 Å². The Morgan fingerprint density at radius 2 is 1.96 bits per heavy atom. The molecule has 0 aliphatic carbocycles. The molecule has 3 aromatic heterocycles. The molecule has 0 radical (unpaired) electrons. The van der Waals surface area contributed by atoms with Crippen LogP contribution in [0.1, 0.15) is 10.4 Å². The summed E-state index contributed by atoms with van der Waals surface area (Å²) in [6.07, 6.45) is 1.58. The van der Waals surface area contributed by atoms with Gasteiger partial charge in [-0.05, 0) is 18.2 Å². The summed E-state index contributed by atoms with van der Waals surface area (Å²) < 4.78 is 1.45. The first-order valence-corrected chi connectivity index (χ1v) is 6.87. The third kappa shape index (κ3) is 2.15. The molecule has 3 heterocycles. The van der Waals surface area contributed by atoms with Crippen molar-refractivity contribution >= 4 is 28.5 Å². The molecule has 23 heavy (non-hydrogen) atoms. The molecule has 4 aromatic rings. The minimum Gasteiger partial charge on any atom is -0.478 e. The maximum absolute atomic E-state index is 11.6. The maximum atomic E-state index is 11.6. The van der Waals surface area contributed by atoms with E-state index in [0.717, 1.165) is 10.9 Å². The van der Waals surface area contributed by atoms with Crippen molar-refractivity contribution in [3.63, 3.8) is 0 Å². The van der Waals surface area contributed by atoms with Gasteiger partial charge in [0.05, 0.1) is 16.8 Å². The quantitative estimate of drug-likeness (QED) is 0.588. The summed E-state index contributed by atoms with van der Waals surface area (Å²) in [6.45, 7) is 0. The average molecular weight is 305 g/mol. The zero-order valence-corrected chi connectivity index (χ0v) is 11.8. The number of carboxylic acids is 1. The van der Waals surface area contributed by atoms with Crippen LogP contribution in [-0.2, 0) is 0 Å². The van der Waals surface area contributed by atoms with Gasteiger partial charge in [0, 0.05) is 17.1 Å². The normalized spacial score (nSPS) is 11.1. The second kappa shape index (κ2) is 4.77. The molecular weight excluding hydrogens is 294 g/mol. The van der Waals surface area contributed by atoms with Crippen LogP contribution < -0.4 is 5.73 Å². The van der Waals surface area contributed by atoms with Gasteiger partial charge in [-0.2, -0.15) is 4.98 Å². The molecule has 0 saturated heterocycles. The number of nitrogens with two attached hydrogens (primary N) is 1. The van der Waals surface area contributed by atoms with Crippen molar-refractivity contribution in [2.24, 2.45) is 0 Å². The SMILES string of the molecule is Nc1nc2cc(C(=O)O)c(-c3ccc4ccccc4n3)cn2n1. The summed E-state index contributed by atoms with van der Waals surface area (Å²) in [4.78, 5) is 20.1. The number of anilines is 1. The number of pyridine rings is 2. The predicted octanol–water partition coefficient (Wildman–Crippen LogP) is 2.22. The van der Waals surface area contributed by atoms with Crippen LogP contribution in [0.25, 0.3) is 27.8 Å². The monoisotopic (exact) mass is 305 g/mol. The fraction of sp³-hybridized carbons (Fsp3) is 0. The van der Waals surface area contributed by atoms with E-state index in [1.54, 1.807) is 12.3 Å². The van der Waals surface area contributed by atoms with Crippen LogP contribution in [0.2, 0.25) is 0 Å². The Kier molecular flexibility index (Phi) is 2.74. The first-order valence-electron chi connectivity index (χ1n) is 6.87. The Morgan fingerprint density at radius 1 is 1.13 bits per heavy atom. The number of carbonyl (C=O) groups is 1. The lowest BCUT2D eigenvalue weighted by Gasteiger charge is -2.07. The number of nitrogens with zero attached hydrogens (tertiary/aromatic N) is 4. The molecule has 0 spiro atoms. The number of fused-ring (bicyclic) bond motifs is 2. The van der Waals surface area contributed by atoms with Gasteiger partial charge in [-0.1, -0.05) is 24.3 Å². The number of benzene rings is 1. The largest absolute Gasteiger partial charge is 0.478 e.